The number of hydrogen-bond donors (Lipinski definition) is 1. The van der Waals surface area contributed by atoms with Crippen molar-refractivity contribution in [3.63, 3.8) is 0 Å². The van der Waals surface area contributed by atoms with Crippen LogP contribution in [0, 0.1) is 11.8 Å². The Morgan fingerprint density at radius 3 is 2.63 bits per heavy atom. The number of rotatable bonds is 11. The zero-order valence-corrected chi connectivity index (χ0v) is 21.1. The number of Topliss-reactive ketones (excluding diaryl/α,β-unsaturated/α-hetero) is 1. The molecular formula is C30H31F3O5. The van der Waals surface area contributed by atoms with E-state index in [9.17, 15) is 27.9 Å². The molecule has 0 radical (unpaired) electrons. The highest BCUT2D eigenvalue weighted by atomic mass is 19.4. The normalized spacial score (nSPS) is 20.1. The van der Waals surface area contributed by atoms with Crippen molar-refractivity contribution in [1.29, 1.82) is 0 Å². The lowest BCUT2D eigenvalue weighted by Gasteiger charge is -2.21. The number of ketones is 1. The molecule has 4 atom stereocenters. The lowest BCUT2D eigenvalue weighted by Crippen LogP contribution is -2.20. The van der Waals surface area contributed by atoms with Gasteiger partial charge in [0.15, 0.2) is 6.10 Å². The molecule has 8 heteroatoms. The number of benzene rings is 2. The molecule has 202 valence electrons. The Morgan fingerprint density at radius 2 is 1.92 bits per heavy atom. The third kappa shape index (κ3) is 8.20. The number of aliphatic hydroxyl groups is 1. The van der Waals surface area contributed by atoms with Gasteiger partial charge in [-0.25, -0.2) is 4.79 Å². The van der Waals surface area contributed by atoms with Gasteiger partial charge < -0.3 is 14.6 Å². The minimum atomic E-state index is -4.47. The van der Waals surface area contributed by atoms with E-state index in [1.165, 1.54) is 19.3 Å². The monoisotopic (exact) mass is 528 g/mol. The number of esters is 1. The summed E-state index contributed by atoms with van der Waals surface area (Å²) >= 11 is 0. The predicted octanol–water partition coefficient (Wildman–Crippen LogP) is 6.04. The molecule has 38 heavy (non-hydrogen) atoms. The van der Waals surface area contributed by atoms with Crippen LogP contribution in [0.5, 0.6) is 5.75 Å². The van der Waals surface area contributed by atoms with E-state index in [1.807, 2.05) is 42.5 Å². The molecule has 3 rings (SSSR count). The Labute approximate surface area is 220 Å². The number of allylic oxidation sites excluding steroid dienone is 1. The molecule has 1 fully saturated rings. The van der Waals surface area contributed by atoms with E-state index in [0.29, 0.717) is 25.0 Å². The first kappa shape index (κ1) is 29.0. The van der Waals surface area contributed by atoms with Crippen LogP contribution in [0.25, 0.3) is 0 Å². The summed E-state index contributed by atoms with van der Waals surface area (Å²) in [4.78, 5) is 24.3. The van der Waals surface area contributed by atoms with Crippen molar-refractivity contribution >= 4 is 11.8 Å². The molecule has 0 heterocycles. The van der Waals surface area contributed by atoms with Crippen LogP contribution in [-0.2, 0) is 20.5 Å². The second-order valence-corrected chi connectivity index (χ2v) is 9.05. The summed E-state index contributed by atoms with van der Waals surface area (Å²) < 4.78 is 50.2. The van der Waals surface area contributed by atoms with Crippen LogP contribution in [0.2, 0.25) is 0 Å². The lowest BCUT2D eigenvalue weighted by molar-refractivity contribution is -0.150. The van der Waals surface area contributed by atoms with Gasteiger partial charge in [-0.2, -0.15) is 13.2 Å². The molecule has 0 amide bonds. The first-order valence-electron chi connectivity index (χ1n) is 12.4. The zero-order valence-electron chi connectivity index (χ0n) is 21.1. The minimum Gasteiger partial charge on any atom is -0.493 e. The molecule has 1 N–H and O–H groups in total. The van der Waals surface area contributed by atoms with Crippen molar-refractivity contribution in [2.45, 2.75) is 43.9 Å². The highest BCUT2D eigenvalue weighted by molar-refractivity contribution is 5.85. The number of carbonyl (C=O) groups is 2. The quantitative estimate of drug-likeness (QED) is 0.167. The summed E-state index contributed by atoms with van der Waals surface area (Å²) in [6, 6.07) is 14.5. The summed E-state index contributed by atoms with van der Waals surface area (Å²) in [6.07, 6.45) is 2.24. The smallest absolute Gasteiger partial charge is 0.416 e. The molecule has 1 unspecified atom stereocenters. The zero-order chi connectivity index (χ0) is 27.5. The van der Waals surface area contributed by atoms with Gasteiger partial charge in [0.25, 0.3) is 0 Å². The van der Waals surface area contributed by atoms with Crippen LogP contribution < -0.4 is 4.74 Å². The third-order valence-corrected chi connectivity index (χ3v) is 6.48. The molecule has 1 aliphatic carbocycles. The predicted molar refractivity (Wildman–Crippen MR) is 136 cm³/mol. The second kappa shape index (κ2) is 13.8. The molecule has 0 spiro atoms. The highest BCUT2D eigenvalue weighted by Crippen LogP contribution is 2.45. The van der Waals surface area contributed by atoms with E-state index in [4.69, 9.17) is 4.74 Å². The average molecular weight is 529 g/mol. The van der Waals surface area contributed by atoms with Crippen LogP contribution in [-0.4, -0.2) is 36.7 Å². The van der Waals surface area contributed by atoms with Crippen molar-refractivity contribution in [3.05, 3.63) is 95.8 Å². The Morgan fingerprint density at radius 1 is 1.16 bits per heavy atom. The van der Waals surface area contributed by atoms with Gasteiger partial charge in [-0.1, -0.05) is 48.6 Å². The Balaban J connectivity index is 1.75. The molecular weight excluding hydrogens is 497 g/mol. The lowest BCUT2D eigenvalue weighted by atomic mass is 9.82. The fraction of sp³-hybridized carbons (Fsp3) is 0.367. The number of aliphatic hydroxyl groups excluding tert-OH is 1. The summed E-state index contributed by atoms with van der Waals surface area (Å²) in [6.45, 7) is 0.422. The fourth-order valence-electron chi connectivity index (χ4n) is 4.55. The van der Waals surface area contributed by atoms with E-state index in [2.05, 4.69) is 10.5 Å². The maximum Gasteiger partial charge on any atom is 0.416 e. The van der Waals surface area contributed by atoms with E-state index < -0.39 is 29.7 Å². The van der Waals surface area contributed by atoms with Gasteiger partial charge in [0.2, 0.25) is 0 Å². The summed E-state index contributed by atoms with van der Waals surface area (Å²) in [5.74, 6) is -1.17. The number of methoxy groups -OCH3 is 1. The number of para-hydroxylation sites is 1. The first-order chi connectivity index (χ1) is 18.2. The molecule has 5 nitrogen and oxygen atoms in total. The average Bonchev–Trinajstić information content (AvgIpc) is 3.22. The van der Waals surface area contributed by atoms with Crippen molar-refractivity contribution in [2.75, 3.05) is 13.7 Å². The molecule has 0 bridgehead atoms. The molecule has 2 aromatic rings. The summed E-state index contributed by atoms with van der Waals surface area (Å²) in [7, 11) is 1.18. The first-order valence-corrected chi connectivity index (χ1v) is 12.4. The number of ether oxygens (including phenoxy) is 2. The molecule has 2 aromatic carbocycles. The number of hydrogen-bond acceptors (Lipinski definition) is 5. The van der Waals surface area contributed by atoms with Crippen LogP contribution >= 0.6 is 0 Å². The van der Waals surface area contributed by atoms with Gasteiger partial charge in [-0.15, -0.1) is 5.73 Å². The fourth-order valence-corrected chi connectivity index (χ4v) is 4.55. The number of carbonyl (C=O) groups excluding carboxylic acids is 2. The third-order valence-electron chi connectivity index (χ3n) is 6.48. The Bertz CT molecular complexity index is 1170. The van der Waals surface area contributed by atoms with E-state index >= 15 is 0 Å². The van der Waals surface area contributed by atoms with Crippen molar-refractivity contribution in [3.8, 4) is 5.75 Å². The SMILES string of the molecule is COC(=O)C(O)CC=C=CC[C@H]1C(=O)C[C@@H](c2cccc(C(F)(F)F)c2)[C@@H]1/C=C/CCOc1ccccc1. The largest absolute Gasteiger partial charge is 0.493 e. The maximum absolute atomic E-state index is 13.3. The minimum absolute atomic E-state index is 0.0133. The number of alkyl halides is 3. The van der Waals surface area contributed by atoms with Gasteiger partial charge >= 0.3 is 12.1 Å². The molecule has 0 aromatic heterocycles. The molecule has 1 saturated carbocycles. The van der Waals surface area contributed by atoms with Crippen LogP contribution in [0.15, 0.2) is 84.6 Å². The van der Waals surface area contributed by atoms with Crippen LogP contribution in [0.4, 0.5) is 13.2 Å². The summed E-state index contributed by atoms with van der Waals surface area (Å²) in [5, 5.41) is 9.65. The van der Waals surface area contributed by atoms with Gasteiger partial charge in [-0.05, 0) is 60.6 Å². The number of halogens is 3. The second-order valence-electron chi connectivity index (χ2n) is 9.05. The van der Waals surface area contributed by atoms with Gasteiger partial charge in [0, 0.05) is 18.8 Å². The molecule has 0 aliphatic heterocycles. The molecule has 1 aliphatic rings. The van der Waals surface area contributed by atoms with E-state index in [-0.39, 0.29) is 30.5 Å². The van der Waals surface area contributed by atoms with Gasteiger partial charge in [0.1, 0.15) is 11.5 Å². The van der Waals surface area contributed by atoms with Gasteiger partial charge in [-0.3, -0.25) is 4.79 Å². The standard InChI is InChI=1S/C30H31F3O5/c1-37-29(36)27(34)17-7-3-6-16-25-24(15-8-9-18-38-23-13-4-2-5-14-23)26(20-28(25)35)21-11-10-12-22(19-21)30(31,32)33/h2,4-8,10-15,19,24-27,34H,9,16-18,20H2,1H3/b15-8+/t3?,24-,25-,26+,27?/m1/s1. The topological polar surface area (TPSA) is 72.8 Å². The summed E-state index contributed by atoms with van der Waals surface area (Å²) in [5.41, 5.74) is 2.62. The van der Waals surface area contributed by atoms with Crippen molar-refractivity contribution in [2.24, 2.45) is 11.8 Å². The van der Waals surface area contributed by atoms with E-state index in [1.54, 1.807) is 12.1 Å². The van der Waals surface area contributed by atoms with Crippen LogP contribution in [0.3, 0.4) is 0 Å². The molecule has 0 saturated heterocycles. The van der Waals surface area contributed by atoms with Crippen molar-refractivity contribution in [1.82, 2.24) is 0 Å². The Hall–Kier alpha value is -3.61. The van der Waals surface area contributed by atoms with Crippen LogP contribution in [0.1, 0.15) is 42.7 Å². The van der Waals surface area contributed by atoms with Gasteiger partial charge in [0.05, 0.1) is 19.3 Å². The maximum atomic E-state index is 13.3. The Kier molecular flexibility index (Phi) is 10.5. The highest BCUT2D eigenvalue weighted by Gasteiger charge is 2.41. The van der Waals surface area contributed by atoms with Crippen molar-refractivity contribution < 1.29 is 37.3 Å². The van der Waals surface area contributed by atoms with E-state index in [0.717, 1.165) is 17.9 Å².